The van der Waals surface area contributed by atoms with Gasteiger partial charge in [0.05, 0.1) is 13.2 Å². The second-order valence-corrected chi connectivity index (χ2v) is 3.40. The minimum absolute atomic E-state index is 0.414. The maximum Gasteiger partial charge on any atom is 0.322 e. The number of hydrogen-bond donors (Lipinski definition) is 3. The number of carboxylic acid groups (broad SMARTS) is 1. The normalized spacial score (nSPS) is 14.2. The van der Waals surface area contributed by atoms with Crippen molar-refractivity contribution in [2.75, 3.05) is 14.2 Å². The number of benzene rings is 1. The van der Waals surface area contributed by atoms with Crippen molar-refractivity contribution in [3.63, 3.8) is 0 Å². The zero-order valence-corrected chi connectivity index (χ0v) is 9.31. The number of methoxy groups -OCH3 is 1. The van der Waals surface area contributed by atoms with Gasteiger partial charge in [0.25, 0.3) is 0 Å². The summed E-state index contributed by atoms with van der Waals surface area (Å²) in [5, 5.41) is 11.7. The molecular weight excluding hydrogens is 208 g/mol. The molecule has 0 heterocycles. The predicted molar refractivity (Wildman–Crippen MR) is 60.4 cm³/mol. The molecular formula is C11H16N2O3. The first-order valence-electron chi connectivity index (χ1n) is 4.89. The Bertz CT molecular complexity index is 351. The van der Waals surface area contributed by atoms with Crippen molar-refractivity contribution in [3.8, 4) is 5.75 Å². The molecule has 1 rings (SSSR count). The molecule has 0 fully saturated rings. The van der Waals surface area contributed by atoms with Crippen LogP contribution in [0.25, 0.3) is 0 Å². The molecule has 5 heteroatoms. The second-order valence-electron chi connectivity index (χ2n) is 3.40. The molecule has 0 amide bonds. The van der Waals surface area contributed by atoms with E-state index in [0.717, 1.165) is 11.3 Å². The molecule has 88 valence electrons. The third-order valence-electron chi connectivity index (χ3n) is 2.43. The largest absolute Gasteiger partial charge is 0.497 e. The molecule has 0 aliphatic rings. The van der Waals surface area contributed by atoms with E-state index in [1.807, 2.05) is 0 Å². The van der Waals surface area contributed by atoms with Crippen LogP contribution in [-0.2, 0) is 4.79 Å². The van der Waals surface area contributed by atoms with Gasteiger partial charge >= 0.3 is 5.97 Å². The van der Waals surface area contributed by atoms with Crippen LogP contribution in [-0.4, -0.2) is 31.3 Å². The zero-order chi connectivity index (χ0) is 12.1. The Balaban J connectivity index is 2.90. The van der Waals surface area contributed by atoms with Crippen molar-refractivity contribution in [1.29, 1.82) is 0 Å². The number of likely N-dealkylation sites (N-methyl/N-ethyl adjacent to an activating group) is 1. The Morgan fingerprint density at radius 2 is 2.00 bits per heavy atom. The molecule has 0 aliphatic heterocycles. The first-order chi connectivity index (χ1) is 7.60. The monoisotopic (exact) mass is 224 g/mol. The first kappa shape index (κ1) is 12.5. The van der Waals surface area contributed by atoms with Crippen LogP contribution in [0.3, 0.4) is 0 Å². The summed E-state index contributed by atoms with van der Waals surface area (Å²) in [5.41, 5.74) is 6.40. The molecule has 0 radical (unpaired) electrons. The van der Waals surface area contributed by atoms with E-state index in [0.29, 0.717) is 0 Å². The fourth-order valence-corrected chi connectivity index (χ4v) is 1.51. The van der Waals surface area contributed by atoms with E-state index < -0.39 is 18.1 Å². The Kier molecular flexibility index (Phi) is 4.28. The fourth-order valence-electron chi connectivity index (χ4n) is 1.51. The molecule has 0 saturated heterocycles. The number of aliphatic carboxylic acids is 1. The van der Waals surface area contributed by atoms with Crippen LogP contribution >= 0.6 is 0 Å². The molecule has 4 N–H and O–H groups in total. The van der Waals surface area contributed by atoms with E-state index in [-0.39, 0.29) is 0 Å². The van der Waals surface area contributed by atoms with Crippen LogP contribution in [0, 0.1) is 0 Å². The third-order valence-corrected chi connectivity index (χ3v) is 2.43. The summed E-state index contributed by atoms with van der Waals surface area (Å²) in [5.74, 6) is -0.308. The first-order valence-corrected chi connectivity index (χ1v) is 4.89. The van der Waals surface area contributed by atoms with Crippen molar-refractivity contribution in [1.82, 2.24) is 5.32 Å². The number of rotatable bonds is 5. The zero-order valence-electron chi connectivity index (χ0n) is 9.31. The maximum atomic E-state index is 10.8. The van der Waals surface area contributed by atoms with E-state index in [1.54, 1.807) is 38.4 Å². The summed E-state index contributed by atoms with van der Waals surface area (Å²) in [6.45, 7) is 0. The molecule has 1 aromatic carbocycles. The Morgan fingerprint density at radius 3 is 2.38 bits per heavy atom. The standard InChI is InChI=1S/C11H16N2O3/c1-13-10(9(12)11(14)15)7-3-5-8(16-2)6-4-7/h3-6,9-10,13H,12H2,1-2H3,(H,14,15). The second kappa shape index (κ2) is 5.48. The van der Waals surface area contributed by atoms with Crippen LogP contribution in [0.15, 0.2) is 24.3 Å². The number of carboxylic acids is 1. The molecule has 0 bridgehead atoms. The fraction of sp³-hybridized carbons (Fsp3) is 0.364. The minimum Gasteiger partial charge on any atom is -0.497 e. The highest BCUT2D eigenvalue weighted by Gasteiger charge is 2.24. The van der Waals surface area contributed by atoms with Crippen LogP contribution < -0.4 is 15.8 Å². The van der Waals surface area contributed by atoms with E-state index in [1.165, 1.54) is 0 Å². The Labute approximate surface area is 94.2 Å². The summed E-state index contributed by atoms with van der Waals surface area (Å²) >= 11 is 0. The van der Waals surface area contributed by atoms with Gasteiger partial charge in [-0.15, -0.1) is 0 Å². The molecule has 0 aromatic heterocycles. The quantitative estimate of drug-likeness (QED) is 0.672. The molecule has 5 nitrogen and oxygen atoms in total. The number of hydrogen-bond acceptors (Lipinski definition) is 4. The summed E-state index contributed by atoms with van der Waals surface area (Å²) in [7, 11) is 3.26. The van der Waals surface area contributed by atoms with Gasteiger partial charge in [0.1, 0.15) is 11.8 Å². The average molecular weight is 224 g/mol. The van der Waals surface area contributed by atoms with E-state index in [2.05, 4.69) is 5.32 Å². The Hall–Kier alpha value is -1.59. The van der Waals surface area contributed by atoms with Gasteiger partial charge in [-0.25, -0.2) is 0 Å². The van der Waals surface area contributed by atoms with Gasteiger partial charge in [-0.2, -0.15) is 0 Å². The van der Waals surface area contributed by atoms with Gasteiger partial charge in [-0.05, 0) is 24.7 Å². The summed E-state index contributed by atoms with van der Waals surface area (Å²) in [6, 6.07) is 5.75. The van der Waals surface area contributed by atoms with Crippen molar-refractivity contribution in [2.24, 2.45) is 5.73 Å². The highest BCUT2D eigenvalue weighted by molar-refractivity contribution is 5.74. The predicted octanol–water partition coefficient (Wildman–Crippen LogP) is 0.368. The van der Waals surface area contributed by atoms with Crippen LogP contribution in [0.5, 0.6) is 5.75 Å². The van der Waals surface area contributed by atoms with Crippen molar-refractivity contribution >= 4 is 5.97 Å². The highest BCUT2D eigenvalue weighted by atomic mass is 16.5. The minimum atomic E-state index is -1.03. The summed E-state index contributed by atoms with van der Waals surface area (Å²) in [6.07, 6.45) is 0. The number of carbonyl (C=O) groups is 1. The SMILES string of the molecule is CNC(c1ccc(OC)cc1)C(N)C(=O)O. The summed E-state index contributed by atoms with van der Waals surface area (Å²) < 4.78 is 5.02. The highest BCUT2D eigenvalue weighted by Crippen LogP contribution is 2.19. The smallest absolute Gasteiger partial charge is 0.322 e. The van der Waals surface area contributed by atoms with Gasteiger partial charge in [0.2, 0.25) is 0 Å². The van der Waals surface area contributed by atoms with Gasteiger partial charge in [0, 0.05) is 0 Å². The lowest BCUT2D eigenvalue weighted by molar-refractivity contribution is -0.139. The van der Waals surface area contributed by atoms with Gasteiger partial charge in [-0.3, -0.25) is 4.79 Å². The Morgan fingerprint density at radius 1 is 1.44 bits per heavy atom. The van der Waals surface area contributed by atoms with E-state index >= 15 is 0 Å². The van der Waals surface area contributed by atoms with Gasteiger partial charge < -0.3 is 20.9 Å². The third kappa shape index (κ3) is 2.71. The number of nitrogens with one attached hydrogen (secondary N) is 1. The lowest BCUT2D eigenvalue weighted by Crippen LogP contribution is -2.42. The van der Waals surface area contributed by atoms with Crippen LogP contribution in [0.2, 0.25) is 0 Å². The maximum absolute atomic E-state index is 10.8. The molecule has 2 unspecified atom stereocenters. The van der Waals surface area contributed by atoms with Crippen LogP contribution in [0.4, 0.5) is 0 Å². The molecule has 0 saturated carbocycles. The van der Waals surface area contributed by atoms with E-state index in [4.69, 9.17) is 15.6 Å². The van der Waals surface area contributed by atoms with Crippen molar-refractivity contribution in [3.05, 3.63) is 29.8 Å². The summed E-state index contributed by atoms with van der Waals surface area (Å²) in [4.78, 5) is 10.8. The van der Waals surface area contributed by atoms with Crippen molar-refractivity contribution < 1.29 is 14.6 Å². The average Bonchev–Trinajstić information content (AvgIpc) is 2.30. The topological polar surface area (TPSA) is 84.6 Å². The van der Waals surface area contributed by atoms with Crippen LogP contribution in [0.1, 0.15) is 11.6 Å². The lowest BCUT2D eigenvalue weighted by Gasteiger charge is -2.20. The molecule has 0 spiro atoms. The van der Waals surface area contributed by atoms with E-state index in [9.17, 15) is 4.79 Å². The molecule has 0 aliphatic carbocycles. The van der Waals surface area contributed by atoms with Crippen molar-refractivity contribution in [2.45, 2.75) is 12.1 Å². The molecule has 16 heavy (non-hydrogen) atoms. The lowest BCUT2D eigenvalue weighted by atomic mass is 10.00. The number of nitrogens with two attached hydrogens (primary N) is 1. The number of ether oxygens (including phenoxy) is 1. The molecule has 1 aromatic rings. The van der Waals surface area contributed by atoms with Gasteiger partial charge in [0.15, 0.2) is 0 Å². The van der Waals surface area contributed by atoms with Gasteiger partial charge in [-0.1, -0.05) is 12.1 Å². The molecule has 2 atom stereocenters.